The molecule has 0 bridgehead atoms. The highest BCUT2D eigenvalue weighted by Gasteiger charge is 2.26. The van der Waals surface area contributed by atoms with Crippen LogP contribution in [0.1, 0.15) is 35.3 Å². The normalized spacial score (nSPS) is 15.7. The summed E-state index contributed by atoms with van der Waals surface area (Å²) < 4.78 is 6.96. The Kier molecular flexibility index (Phi) is 3.60. The first-order valence-corrected chi connectivity index (χ1v) is 7.36. The number of carboxylic acids is 1. The van der Waals surface area contributed by atoms with Crippen molar-refractivity contribution in [3.8, 4) is 22.8 Å². The van der Waals surface area contributed by atoms with E-state index in [9.17, 15) is 14.7 Å². The van der Waals surface area contributed by atoms with Gasteiger partial charge >= 0.3 is 5.97 Å². The second-order valence-electron chi connectivity index (χ2n) is 5.60. The molecule has 2 N–H and O–H groups in total. The number of carbonyl (C=O) groups is 1. The average Bonchev–Trinajstić information content (AvgIpc) is 2.53. The number of phenolic OH excluding ortho intramolecular Hbond substituents is 1. The van der Waals surface area contributed by atoms with Gasteiger partial charge in [-0.25, -0.2) is 4.79 Å². The van der Waals surface area contributed by atoms with Crippen LogP contribution in [0.25, 0.3) is 11.3 Å². The predicted octanol–water partition coefficient (Wildman–Crippen LogP) is 2.43. The molecule has 6 heteroatoms. The predicted molar refractivity (Wildman–Crippen MR) is 84.3 cm³/mol. The smallest absolute Gasteiger partial charge is 0.341 e. The summed E-state index contributed by atoms with van der Waals surface area (Å²) in [5.41, 5.74) is 1.53. The van der Waals surface area contributed by atoms with E-state index in [0.717, 1.165) is 17.5 Å². The molecule has 0 spiro atoms. The zero-order chi connectivity index (χ0) is 16.7. The number of nitrogens with zero attached hydrogens (tertiary/aromatic N) is 1. The van der Waals surface area contributed by atoms with E-state index < -0.39 is 11.4 Å². The lowest BCUT2D eigenvalue weighted by Gasteiger charge is -2.30. The first-order valence-electron chi connectivity index (χ1n) is 7.36. The summed E-state index contributed by atoms with van der Waals surface area (Å²) in [6.07, 6.45) is 2.87. The molecule has 1 aromatic carbocycles. The summed E-state index contributed by atoms with van der Waals surface area (Å²) in [5.74, 6) is -0.859. The van der Waals surface area contributed by atoms with Crippen LogP contribution in [0.3, 0.4) is 0 Å². The molecule has 0 amide bonds. The molecule has 1 aromatic heterocycles. The molecule has 23 heavy (non-hydrogen) atoms. The number of ether oxygens (including phenoxy) is 1. The van der Waals surface area contributed by atoms with Gasteiger partial charge in [0.25, 0.3) is 0 Å². The van der Waals surface area contributed by atoms with Gasteiger partial charge in [-0.15, -0.1) is 0 Å². The Labute approximate surface area is 132 Å². The Morgan fingerprint density at radius 2 is 2.13 bits per heavy atom. The van der Waals surface area contributed by atoms with E-state index in [-0.39, 0.29) is 17.4 Å². The minimum Gasteiger partial charge on any atom is -0.504 e. The van der Waals surface area contributed by atoms with Crippen LogP contribution in [0.15, 0.2) is 29.2 Å². The molecule has 1 unspecified atom stereocenters. The van der Waals surface area contributed by atoms with Crippen LogP contribution in [-0.4, -0.2) is 27.9 Å². The number of fused-ring (bicyclic) bond motifs is 3. The number of hydrogen-bond donors (Lipinski definition) is 2. The van der Waals surface area contributed by atoms with Gasteiger partial charge in [0.2, 0.25) is 0 Å². The van der Waals surface area contributed by atoms with Gasteiger partial charge in [-0.2, -0.15) is 0 Å². The number of carboxylic acid groups (broad SMARTS) is 1. The monoisotopic (exact) mass is 315 g/mol. The Hall–Kier alpha value is -2.76. The van der Waals surface area contributed by atoms with Crippen molar-refractivity contribution in [1.82, 2.24) is 4.57 Å². The number of aromatic hydroxyl groups is 1. The van der Waals surface area contributed by atoms with Crippen molar-refractivity contribution in [2.45, 2.75) is 25.8 Å². The fourth-order valence-electron chi connectivity index (χ4n) is 3.10. The van der Waals surface area contributed by atoms with E-state index in [2.05, 4.69) is 0 Å². The Balaban J connectivity index is 2.29. The van der Waals surface area contributed by atoms with E-state index >= 15 is 0 Å². The lowest BCUT2D eigenvalue weighted by atomic mass is 9.90. The molecular weight excluding hydrogens is 298 g/mol. The Morgan fingerprint density at radius 1 is 1.39 bits per heavy atom. The topological polar surface area (TPSA) is 88.8 Å². The molecule has 1 aliphatic rings. The molecule has 1 aliphatic heterocycles. The van der Waals surface area contributed by atoms with Gasteiger partial charge in [0, 0.05) is 23.9 Å². The van der Waals surface area contributed by atoms with Gasteiger partial charge in [0.15, 0.2) is 16.9 Å². The number of hydrogen-bond acceptors (Lipinski definition) is 4. The van der Waals surface area contributed by atoms with Crippen molar-refractivity contribution >= 4 is 5.97 Å². The molecule has 0 saturated carbocycles. The average molecular weight is 315 g/mol. The first-order chi connectivity index (χ1) is 11.0. The highest BCUT2D eigenvalue weighted by Crippen LogP contribution is 2.41. The molecule has 1 atom stereocenters. The maximum absolute atomic E-state index is 12.1. The van der Waals surface area contributed by atoms with Gasteiger partial charge in [-0.05, 0) is 30.5 Å². The van der Waals surface area contributed by atoms with Gasteiger partial charge in [0.1, 0.15) is 5.56 Å². The summed E-state index contributed by atoms with van der Waals surface area (Å²) in [7, 11) is 1.49. The highest BCUT2D eigenvalue weighted by molar-refractivity contribution is 5.87. The third-order valence-corrected chi connectivity index (χ3v) is 4.31. The lowest BCUT2D eigenvalue weighted by molar-refractivity contribution is 0.0694. The third-order valence-electron chi connectivity index (χ3n) is 4.31. The van der Waals surface area contributed by atoms with E-state index in [1.807, 2.05) is 11.5 Å². The number of aromatic nitrogens is 1. The lowest BCUT2D eigenvalue weighted by Crippen LogP contribution is -2.25. The van der Waals surface area contributed by atoms with Crippen molar-refractivity contribution in [2.75, 3.05) is 7.11 Å². The fraction of sp³-hybridized carbons (Fsp3) is 0.294. The molecular formula is C17H17NO5. The number of phenols is 1. The van der Waals surface area contributed by atoms with Gasteiger partial charge in [-0.1, -0.05) is 6.92 Å². The van der Waals surface area contributed by atoms with Gasteiger partial charge in [-0.3, -0.25) is 4.79 Å². The summed E-state index contributed by atoms with van der Waals surface area (Å²) >= 11 is 0. The molecule has 0 saturated heterocycles. The van der Waals surface area contributed by atoms with Crippen LogP contribution in [0.4, 0.5) is 0 Å². The fourth-order valence-corrected chi connectivity index (χ4v) is 3.10. The van der Waals surface area contributed by atoms with E-state index in [1.54, 1.807) is 12.1 Å². The van der Waals surface area contributed by atoms with Gasteiger partial charge in [0.05, 0.1) is 12.8 Å². The van der Waals surface area contributed by atoms with Crippen LogP contribution >= 0.6 is 0 Å². The minimum atomic E-state index is -1.23. The maximum Gasteiger partial charge on any atom is 0.341 e. The largest absolute Gasteiger partial charge is 0.504 e. The van der Waals surface area contributed by atoms with Gasteiger partial charge < -0.3 is 19.5 Å². The summed E-state index contributed by atoms with van der Waals surface area (Å²) in [6.45, 7) is 2.01. The number of benzene rings is 1. The number of rotatable bonds is 3. The van der Waals surface area contributed by atoms with Crippen molar-refractivity contribution in [2.24, 2.45) is 0 Å². The Morgan fingerprint density at radius 3 is 2.74 bits per heavy atom. The zero-order valence-electron chi connectivity index (χ0n) is 12.9. The van der Waals surface area contributed by atoms with Crippen molar-refractivity contribution < 1.29 is 19.7 Å². The number of pyridine rings is 1. The van der Waals surface area contributed by atoms with Crippen molar-refractivity contribution in [3.05, 3.63) is 45.7 Å². The molecule has 0 radical (unpaired) electrons. The van der Waals surface area contributed by atoms with Crippen LogP contribution in [0.5, 0.6) is 11.5 Å². The molecule has 0 aliphatic carbocycles. The van der Waals surface area contributed by atoms with Crippen LogP contribution < -0.4 is 10.2 Å². The zero-order valence-corrected chi connectivity index (χ0v) is 12.9. The molecule has 3 rings (SSSR count). The molecule has 2 aromatic rings. The molecule has 6 nitrogen and oxygen atoms in total. The van der Waals surface area contributed by atoms with Crippen LogP contribution in [0, 0.1) is 0 Å². The highest BCUT2D eigenvalue weighted by atomic mass is 16.5. The molecule has 120 valence electrons. The standard InChI is InChI=1S/C17H17NO5/c1-3-10-4-9-5-16(23-2)15(20)6-11(9)13-7-14(19)12(17(21)22)8-18(10)13/h5-8,10,20H,3-4H2,1-2H3,(H,21,22). The van der Waals surface area contributed by atoms with E-state index in [1.165, 1.54) is 19.4 Å². The molecule has 2 heterocycles. The van der Waals surface area contributed by atoms with E-state index in [0.29, 0.717) is 17.9 Å². The van der Waals surface area contributed by atoms with E-state index in [4.69, 9.17) is 9.84 Å². The quantitative estimate of drug-likeness (QED) is 0.908. The SMILES string of the molecule is CCC1Cc2cc(OC)c(O)cc2-c2cc(=O)c(C(=O)O)cn21. The maximum atomic E-state index is 12.1. The summed E-state index contributed by atoms with van der Waals surface area (Å²) in [5, 5.41) is 19.2. The van der Waals surface area contributed by atoms with Crippen molar-refractivity contribution in [1.29, 1.82) is 0 Å². The van der Waals surface area contributed by atoms with Crippen LogP contribution in [0.2, 0.25) is 0 Å². The molecule has 0 fully saturated rings. The minimum absolute atomic E-state index is 0.0116. The first kappa shape index (κ1) is 15.1. The summed E-state index contributed by atoms with van der Waals surface area (Å²) in [6, 6.07) is 4.71. The second kappa shape index (κ2) is 5.46. The third kappa shape index (κ3) is 2.36. The summed E-state index contributed by atoms with van der Waals surface area (Å²) in [4.78, 5) is 23.3. The number of aromatic carboxylic acids is 1. The Bertz CT molecular complexity index is 853. The van der Waals surface area contributed by atoms with Crippen molar-refractivity contribution in [3.63, 3.8) is 0 Å². The number of methoxy groups -OCH3 is 1. The van der Waals surface area contributed by atoms with Crippen LogP contribution in [-0.2, 0) is 6.42 Å². The second-order valence-corrected chi connectivity index (χ2v) is 5.60.